The Kier molecular flexibility index (Phi) is 3.38. The van der Waals surface area contributed by atoms with Gasteiger partial charge in [-0.3, -0.25) is 4.40 Å². The van der Waals surface area contributed by atoms with Gasteiger partial charge in [-0.2, -0.15) is 0 Å². The number of aromatic nitrogens is 2. The zero-order valence-corrected chi connectivity index (χ0v) is 11.2. The second kappa shape index (κ2) is 5.36. The monoisotopic (exact) mass is 302 g/mol. The standard InChI is InChI=1S/C15H11FN2O4/c16-10-3-1-2-4-12(10)22-8-13-17-14(15(20)21)11-7-9(19)5-6-18(11)13/h1-7,19H,8H2,(H,20,21). The second-order valence-electron chi connectivity index (χ2n) is 4.54. The highest BCUT2D eigenvalue weighted by atomic mass is 19.1. The molecule has 2 aromatic heterocycles. The molecule has 0 aliphatic heterocycles. The molecule has 0 radical (unpaired) electrons. The first kappa shape index (κ1) is 13.9. The van der Waals surface area contributed by atoms with Crippen molar-refractivity contribution in [3.8, 4) is 11.5 Å². The lowest BCUT2D eigenvalue weighted by Gasteiger charge is -2.06. The summed E-state index contributed by atoms with van der Waals surface area (Å²) in [6.07, 6.45) is 1.48. The molecule has 0 bridgehead atoms. The molecule has 0 atom stereocenters. The van der Waals surface area contributed by atoms with Crippen LogP contribution in [0.3, 0.4) is 0 Å². The Labute approximate surface area is 124 Å². The normalized spacial score (nSPS) is 10.8. The average molecular weight is 302 g/mol. The van der Waals surface area contributed by atoms with Crippen LogP contribution in [0, 0.1) is 5.82 Å². The van der Waals surface area contributed by atoms with E-state index in [9.17, 15) is 14.3 Å². The first-order chi connectivity index (χ1) is 10.6. The zero-order valence-electron chi connectivity index (χ0n) is 11.2. The van der Waals surface area contributed by atoms with Crippen LogP contribution in [0.2, 0.25) is 0 Å². The molecule has 0 aliphatic rings. The lowest BCUT2D eigenvalue weighted by atomic mass is 10.3. The van der Waals surface area contributed by atoms with E-state index in [1.807, 2.05) is 0 Å². The van der Waals surface area contributed by atoms with Crippen LogP contribution in [0.1, 0.15) is 16.3 Å². The summed E-state index contributed by atoms with van der Waals surface area (Å²) in [4.78, 5) is 15.2. The van der Waals surface area contributed by atoms with E-state index in [-0.39, 0.29) is 35.1 Å². The number of benzene rings is 1. The first-order valence-corrected chi connectivity index (χ1v) is 6.37. The van der Waals surface area contributed by atoms with E-state index < -0.39 is 11.8 Å². The number of halogens is 1. The number of ether oxygens (including phenoxy) is 1. The van der Waals surface area contributed by atoms with Gasteiger partial charge < -0.3 is 14.9 Å². The maximum atomic E-state index is 13.5. The Bertz CT molecular complexity index is 860. The number of hydrogen-bond donors (Lipinski definition) is 2. The molecule has 0 saturated heterocycles. The summed E-state index contributed by atoms with van der Waals surface area (Å²) in [7, 11) is 0. The van der Waals surface area contributed by atoms with E-state index in [0.717, 1.165) is 0 Å². The third kappa shape index (κ3) is 2.44. The summed E-state index contributed by atoms with van der Waals surface area (Å²) < 4.78 is 20.3. The van der Waals surface area contributed by atoms with Crippen LogP contribution < -0.4 is 4.74 Å². The van der Waals surface area contributed by atoms with Crippen molar-refractivity contribution in [2.24, 2.45) is 0 Å². The lowest BCUT2D eigenvalue weighted by molar-refractivity contribution is 0.0693. The predicted molar refractivity (Wildman–Crippen MR) is 74.5 cm³/mol. The van der Waals surface area contributed by atoms with E-state index in [0.29, 0.717) is 0 Å². The van der Waals surface area contributed by atoms with Crippen molar-refractivity contribution < 1.29 is 24.1 Å². The van der Waals surface area contributed by atoms with E-state index in [1.54, 1.807) is 12.1 Å². The lowest BCUT2D eigenvalue weighted by Crippen LogP contribution is -2.02. The van der Waals surface area contributed by atoms with Crippen molar-refractivity contribution in [2.45, 2.75) is 6.61 Å². The molecule has 0 fully saturated rings. The number of carboxylic acid groups (broad SMARTS) is 1. The van der Waals surface area contributed by atoms with E-state index in [2.05, 4.69) is 4.98 Å². The quantitative estimate of drug-likeness (QED) is 0.773. The molecule has 22 heavy (non-hydrogen) atoms. The minimum Gasteiger partial charge on any atom is -0.508 e. The highest BCUT2D eigenvalue weighted by molar-refractivity contribution is 5.94. The van der Waals surface area contributed by atoms with Gasteiger partial charge in [0.25, 0.3) is 0 Å². The predicted octanol–water partition coefficient (Wildman–Crippen LogP) is 2.46. The maximum absolute atomic E-state index is 13.5. The highest BCUT2D eigenvalue weighted by Gasteiger charge is 2.17. The number of rotatable bonds is 4. The number of nitrogens with zero attached hydrogens (tertiary/aromatic N) is 2. The van der Waals surface area contributed by atoms with Crippen LogP contribution in [0.25, 0.3) is 5.52 Å². The van der Waals surface area contributed by atoms with Crippen molar-refractivity contribution in [1.29, 1.82) is 0 Å². The van der Waals surface area contributed by atoms with Gasteiger partial charge in [-0.25, -0.2) is 14.2 Å². The summed E-state index contributed by atoms with van der Waals surface area (Å²) in [6.45, 7) is -0.111. The van der Waals surface area contributed by atoms with Gasteiger partial charge in [0.1, 0.15) is 12.4 Å². The van der Waals surface area contributed by atoms with E-state index in [1.165, 1.54) is 34.9 Å². The number of carbonyl (C=O) groups is 1. The van der Waals surface area contributed by atoms with Crippen LogP contribution in [0.15, 0.2) is 42.6 Å². The molecule has 2 heterocycles. The molecule has 112 valence electrons. The summed E-state index contributed by atoms with van der Waals surface area (Å²) in [6, 6.07) is 8.59. The van der Waals surface area contributed by atoms with E-state index in [4.69, 9.17) is 9.84 Å². The molecule has 1 aromatic carbocycles. The number of imidazole rings is 1. The van der Waals surface area contributed by atoms with Crippen LogP contribution in [0.5, 0.6) is 11.5 Å². The number of para-hydroxylation sites is 1. The van der Waals surface area contributed by atoms with Gasteiger partial charge >= 0.3 is 5.97 Å². The van der Waals surface area contributed by atoms with E-state index >= 15 is 0 Å². The van der Waals surface area contributed by atoms with Crippen LogP contribution in [-0.4, -0.2) is 25.6 Å². The molecule has 6 nitrogen and oxygen atoms in total. The summed E-state index contributed by atoms with van der Waals surface area (Å²) in [5.74, 6) is -1.47. The van der Waals surface area contributed by atoms with Gasteiger partial charge in [-0.05, 0) is 18.2 Å². The van der Waals surface area contributed by atoms with Gasteiger partial charge in [-0.1, -0.05) is 12.1 Å². The van der Waals surface area contributed by atoms with Crippen molar-refractivity contribution in [3.05, 3.63) is 59.9 Å². The molecule has 3 aromatic rings. The molecule has 2 N–H and O–H groups in total. The molecule has 0 aliphatic carbocycles. The Morgan fingerprint density at radius 2 is 2.09 bits per heavy atom. The third-order valence-corrected chi connectivity index (χ3v) is 3.10. The Balaban J connectivity index is 1.97. The topological polar surface area (TPSA) is 84.1 Å². The molecule has 0 spiro atoms. The fraction of sp³-hybridized carbons (Fsp3) is 0.0667. The van der Waals surface area contributed by atoms with Gasteiger partial charge in [0, 0.05) is 12.3 Å². The summed E-state index contributed by atoms with van der Waals surface area (Å²) >= 11 is 0. The Morgan fingerprint density at radius 3 is 2.82 bits per heavy atom. The highest BCUT2D eigenvalue weighted by Crippen LogP contribution is 2.21. The molecule has 0 unspecified atom stereocenters. The minimum absolute atomic E-state index is 0.0508. The fourth-order valence-electron chi connectivity index (χ4n) is 2.10. The van der Waals surface area contributed by atoms with Crippen molar-refractivity contribution in [3.63, 3.8) is 0 Å². The SMILES string of the molecule is O=C(O)c1nc(COc2ccccc2F)n2ccc(O)cc12. The molecular formula is C15H11FN2O4. The van der Waals surface area contributed by atoms with Crippen molar-refractivity contribution >= 4 is 11.5 Å². The molecule has 7 heteroatoms. The maximum Gasteiger partial charge on any atom is 0.356 e. The molecule has 0 amide bonds. The van der Waals surface area contributed by atoms with Crippen LogP contribution >= 0.6 is 0 Å². The summed E-state index contributed by atoms with van der Waals surface area (Å²) in [5.41, 5.74) is 0.0302. The number of aromatic hydroxyl groups is 1. The van der Waals surface area contributed by atoms with Gasteiger partial charge in [-0.15, -0.1) is 0 Å². The average Bonchev–Trinajstić information content (AvgIpc) is 2.84. The number of pyridine rings is 1. The fourth-order valence-corrected chi connectivity index (χ4v) is 2.10. The van der Waals surface area contributed by atoms with Crippen molar-refractivity contribution in [1.82, 2.24) is 9.38 Å². The van der Waals surface area contributed by atoms with Crippen LogP contribution in [-0.2, 0) is 6.61 Å². The largest absolute Gasteiger partial charge is 0.508 e. The van der Waals surface area contributed by atoms with Gasteiger partial charge in [0.2, 0.25) is 0 Å². The Hall–Kier alpha value is -3.09. The number of fused-ring (bicyclic) bond motifs is 1. The van der Waals surface area contributed by atoms with Crippen LogP contribution in [0.4, 0.5) is 4.39 Å². The number of carboxylic acids is 1. The van der Waals surface area contributed by atoms with Crippen molar-refractivity contribution in [2.75, 3.05) is 0 Å². The first-order valence-electron chi connectivity index (χ1n) is 6.37. The molecule has 0 saturated carbocycles. The zero-order chi connectivity index (χ0) is 15.7. The molecular weight excluding hydrogens is 291 g/mol. The smallest absolute Gasteiger partial charge is 0.356 e. The number of aromatic carboxylic acids is 1. The Morgan fingerprint density at radius 1 is 1.32 bits per heavy atom. The minimum atomic E-state index is -1.22. The third-order valence-electron chi connectivity index (χ3n) is 3.10. The van der Waals surface area contributed by atoms with Gasteiger partial charge in [0.15, 0.2) is 23.1 Å². The summed E-state index contributed by atoms with van der Waals surface area (Å²) in [5, 5.41) is 18.6. The second-order valence-corrected chi connectivity index (χ2v) is 4.54. The molecule has 3 rings (SSSR count). The number of hydrogen-bond acceptors (Lipinski definition) is 4. The van der Waals surface area contributed by atoms with Gasteiger partial charge in [0.05, 0.1) is 5.52 Å².